The Balaban J connectivity index is 1.92. The van der Waals surface area contributed by atoms with Crippen LogP contribution in [0, 0.1) is 0 Å². The first-order valence-electron chi connectivity index (χ1n) is 12.7. The maximum Gasteiger partial charge on any atom is 0.321 e. The number of rotatable bonds is 9. The molecule has 0 bridgehead atoms. The molecule has 14 heteroatoms. The summed E-state index contributed by atoms with van der Waals surface area (Å²) < 4.78 is 34.5. The summed E-state index contributed by atoms with van der Waals surface area (Å²) in [6.07, 6.45) is 0. The lowest BCUT2D eigenvalue weighted by molar-refractivity contribution is -0.140. The van der Waals surface area contributed by atoms with Crippen molar-refractivity contribution in [2.45, 2.75) is 24.2 Å². The minimum absolute atomic E-state index is 0.0201. The second-order valence-corrected chi connectivity index (χ2v) is 11.7. The zero-order valence-corrected chi connectivity index (χ0v) is 25.4. The minimum atomic E-state index is -4.74. The molecule has 3 aromatic carbocycles. The Morgan fingerprint density at radius 1 is 0.976 bits per heavy atom. The fourth-order valence-corrected chi connectivity index (χ4v) is 6.96. The van der Waals surface area contributed by atoms with Crippen LogP contribution in [-0.4, -0.2) is 58.5 Å². The summed E-state index contributed by atoms with van der Waals surface area (Å²) in [5.41, 5.74) is 0.0449. The monoisotopic (exact) mass is 634 g/mol. The number of amides is 4. The van der Waals surface area contributed by atoms with E-state index in [4.69, 9.17) is 32.8 Å². The van der Waals surface area contributed by atoms with Crippen molar-refractivity contribution in [1.29, 1.82) is 0 Å². The number of halogens is 2. The van der Waals surface area contributed by atoms with Crippen molar-refractivity contribution in [2.24, 2.45) is 0 Å². The van der Waals surface area contributed by atoms with Crippen LogP contribution in [0.2, 0.25) is 10.0 Å². The topological polar surface area (TPSA) is 134 Å². The Kier molecular flexibility index (Phi) is 9.02. The summed E-state index contributed by atoms with van der Waals surface area (Å²) in [5, 5.41) is 2.88. The van der Waals surface area contributed by atoms with Crippen LogP contribution in [0.1, 0.15) is 25.0 Å². The number of hydrogen-bond acceptors (Lipinski definition) is 7. The van der Waals surface area contributed by atoms with Gasteiger partial charge in [0.1, 0.15) is 10.6 Å². The van der Waals surface area contributed by atoms with Gasteiger partial charge in [0.2, 0.25) is 0 Å². The molecular weight excluding hydrogens is 607 g/mol. The molecule has 1 aliphatic heterocycles. The third kappa shape index (κ3) is 5.04. The normalized spacial score (nSPS) is 16.1. The van der Waals surface area contributed by atoms with Gasteiger partial charge in [-0.3, -0.25) is 14.4 Å². The van der Waals surface area contributed by atoms with Gasteiger partial charge in [0.05, 0.1) is 19.9 Å². The average molecular weight is 636 g/mol. The second kappa shape index (κ2) is 12.2. The number of ether oxygens (including phenoxy) is 1. The first kappa shape index (κ1) is 31.1. The number of carbonyl (C=O) groups excluding carboxylic acids is 3. The van der Waals surface area contributed by atoms with Gasteiger partial charge >= 0.3 is 6.03 Å². The number of methoxy groups -OCH3 is 1. The van der Waals surface area contributed by atoms with Gasteiger partial charge in [-0.1, -0.05) is 41.4 Å². The molecule has 1 unspecified atom stereocenters. The van der Waals surface area contributed by atoms with E-state index in [0.29, 0.717) is 17.4 Å². The molecule has 11 nitrogen and oxygen atoms in total. The van der Waals surface area contributed by atoms with Crippen LogP contribution in [-0.2, 0) is 29.9 Å². The summed E-state index contributed by atoms with van der Waals surface area (Å²) in [6, 6.07) is 13.7. The van der Waals surface area contributed by atoms with Crippen molar-refractivity contribution in [3.8, 4) is 5.75 Å². The molecule has 0 aromatic heterocycles. The minimum Gasteiger partial charge on any atom is -0.495 e. The Morgan fingerprint density at radius 2 is 1.67 bits per heavy atom. The zero-order chi connectivity index (χ0) is 30.8. The number of urea groups is 1. The van der Waals surface area contributed by atoms with Gasteiger partial charge in [0.25, 0.3) is 21.8 Å². The number of hydroxylamine groups is 1. The van der Waals surface area contributed by atoms with E-state index >= 15 is 0 Å². The van der Waals surface area contributed by atoms with Gasteiger partial charge < -0.3 is 15.0 Å². The number of fused-ring (bicyclic) bond motifs is 1. The number of nitrogens with one attached hydrogen (secondary N) is 2. The second-order valence-electron chi connectivity index (χ2n) is 9.07. The quantitative estimate of drug-likeness (QED) is 0.260. The van der Waals surface area contributed by atoms with Crippen molar-refractivity contribution >= 4 is 62.4 Å². The van der Waals surface area contributed by atoms with E-state index in [0.717, 1.165) is 0 Å². The summed E-state index contributed by atoms with van der Waals surface area (Å²) in [7, 11) is -2.31. The molecule has 222 valence electrons. The van der Waals surface area contributed by atoms with Crippen LogP contribution in [0.25, 0.3) is 0 Å². The third-order valence-corrected chi connectivity index (χ3v) is 9.18. The molecule has 1 heterocycles. The van der Waals surface area contributed by atoms with Crippen LogP contribution >= 0.6 is 23.2 Å². The number of carbonyl (C=O) groups is 3. The lowest BCUT2D eigenvalue weighted by Gasteiger charge is -2.28. The molecular formula is C28H28Cl2N4O7S. The number of hydrogen-bond donors (Lipinski definition) is 2. The fourth-order valence-electron chi connectivity index (χ4n) is 4.91. The SMILES string of the molecule is CCN(CC)C(=O)Nc1ccc(S(=O)(=O)N2C(=O)C(C(=O)NOC)(c3ccccc3Cl)c3cc(Cl)ccc32)c(OC)c1. The van der Waals surface area contributed by atoms with Gasteiger partial charge in [-0.25, -0.2) is 23.0 Å². The van der Waals surface area contributed by atoms with E-state index in [2.05, 4.69) is 10.8 Å². The van der Waals surface area contributed by atoms with E-state index in [1.54, 1.807) is 17.0 Å². The molecule has 4 amide bonds. The predicted molar refractivity (Wildman–Crippen MR) is 158 cm³/mol. The smallest absolute Gasteiger partial charge is 0.321 e. The van der Waals surface area contributed by atoms with E-state index in [9.17, 15) is 22.8 Å². The maximum absolute atomic E-state index is 14.5. The molecule has 4 rings (SSSR count). The Bertz CT molecular complexity index is 1660. The highest BCUT2D eigenvalue weighted by Gasteiger charge is 2.62. The van der Waals surface area contributed by atoms with E-state index in [1.165, 1.54) is 62.8 Å². The Labute approximate surface area is 253 Å². The molecule has 1 aliphatic rings. The van der Waals surface area contributed by atoms with Gasteiger partial charge in [-0.05, 0) is 50.2 Å². The van der Waals surface area contributed by atoms with Crippen molar-refractivity contribution < 1.29 is 32.4 Å². The summed E-state index contributed by atoms with van der Waals surface area (Å²) in [6.45, 7) is 4.59. The lowest BCUT2D eigenvalue weighted by atomic mass is 9.74. The highest BCUT2D eigenvalue weighted by molar-refractivity contribution is 7.93. The molecule has 0 aliphatic carbocycles. The van der Waals surface area contributed by atoms with Crippen LogP contribution in [0.4, 0.5) is 16.2 Å². The Hall–Kier alpha value is -3.84. The first-order chi connectivity index (χ1) is 20.0. The summed E-state index contributed by atoms with van der Waals surface area (Å²) in [4.78, 5) is 46.8. The molecule has 0 saturated carbocycles. The van der Waals surface area contributed by atoms with Gasteiger partial charge in [-0.2, -0.15) is 0 Å². The van der Waals surface area contributed by atoms with Crippen molar-refractivity contribution in [3.63, 3.8) is 0 Å². The van der Waals surface area contributed by atoms with E-state index < -0.39 is 27.3 Å². The highest BCUT2D eigenvalue weighted by atomic mass is 35.5. The van der Waals surface area contributed by atoms with Crippen molar-refractivity contribution in [2.75, 3.05) is 36.9 Å². The maximum atomic E-state index is 14.5. The molecule has 0 radical (unpaired) electrons. The van der Waals surface area contributed by atoms with E-state index in [-0.39, 0.29) is 49.2 Å². The molecule has 2 N–H and O–H groups in total. The van der Waals surface area contributed by atoms with E-state index in [1.807, 2.05) is 13.8 Å². The standard InChI is InChI=1S/C28H28Cl2N4O7S/c1-5-33(6-2)27(37)31-18-12-14-24(23(16-18)40-3)42(38,39)34-22-13-11-17(29)15-20(22)28(26(34)36,25(35)32-41-4)19-9-7-8-10-21(19)30/h7-16H,5-6H2,1-4H3,(H,31,37)(H,32,35). The summed E-state index contributed by atoms with van der Waals surface area (Å²) in [5.74, 6) is -2.26. The molecule has 3 aromatic rings. The van der Waals surface area contributed by atoms with Crippen LogP contribution in [0.3, 0.4) is 0 Å². The van der Waals surface area contributed by atoms with Crippen LogP contribution in [0.15, 0.2) is 65.6 Å². The molecule has 0 spiro atoms. The number of anilines is 2. The predicted octanol–water partition coefficient (Wildman–Crippen LogP) is 4.57. The summed E-state index contributed by atoms with van der Waals surface area (Å²) >= 11 is 12.8. The third-order valence-electron chi connectivity index (χ3n) is 6.88. The highest BCUT2D eigenvalue weighted by Crippen LogP contribution is 2.51. The first-order valence-corrected chi connectivity index (χ1v) is 14.9. The van der Waals surface area contributed by atoms with Crippen LogP contribution < -0.4 is 19.8 Å². The number of benzene rings is 3. The number of nitrogens with zero attached hydrogens (tertiary/aromatic N) is 2. The molecule has 0 fully saturated rings. The lowest BCUT2D eigenvalue weighted by Crippen LogP contribution is -2.53. The van der Waals surface area contributed by atoms with Crippen molar-refractivity contribution in [3.05, 3.63) is 81.8 Å². The molecule has 42 heavy (non-hydrogen) atoms. The largest absolute Gasteiger partial charge is 0.495 e. The molecule has 0 saturated heterocycles. The Morgan fingerprint density at radius 3 is 2.29 bits per heavy atom. The van der Waals surface area contributed by atoms with Gasteiger partial charge in [0, 0.05) is 46.0 Å². The van der Waals surface area contributed by atoms with Crippen LogP contribution in [0.5, 0.6) is 5.75 Å². The molecule has 1 atom stereocenters. The zero-order valence-electron chi connectivity index (χ0n) is 23.1. The van der Waals surface area contributed by atoms with Gasteiger partial charge in [-0.15, -0.1) is 0 Å². The van der Waals surface area contributed by atoms with Crippen molar-refractivity contribution in [1.82, 2.24) is 10.4 Å². The fraction of sp³-hybridized carbons (Fsp3) is 0.250. The van der Waals surface area contributed by atoms with Gasteiger partial charge in [0.15, 0.2) is 5.41 Å². The number of sulfonamides is 1. The average Bonchev–Trinajstić information content (AvgIpc) is 3.22.